The summed E-state index contributed by atoms with van der Waals surface area (Å²) in [7, 11) is 0. The minimum Gasteiger partial charge on any atom is -0.0958 e. The molecule has 16 heavy (non-hydrogen) atoms. The molecule has 1 fully saturated rings. The van der Waals surface area contributed by atoms with E-state index in [-0.39, 0.29) is 0 Å². The van der Waals surface area contributed by atoms with Crippen molar-refractivity contribution in [2.75, 3.05) is 0 Å². The van der Waals surface area contributed by atoms with Crippen LogP contribution in [0.15, 0.2) is 36.0 Å². The van der Waals surface area contributed by atoms with E-state index in [9.17, 15) is 0 Å². The Bertz CT molecular complexity index is 293. The number of allylic oxidation sites excluding steroid dienone is 5. The second kappa shape index (κ2) is 6.08. The highest BCUT2D eigenvalue weighted by atomic mass is 14.3. The molecule has 0 aromatic carbocycles. The molecule has 0 aromatic rings. The first kappa shape index (κ1) is 13.3. The zero-order valence-corrected chi connectivity index (χ0v) is 11.3. The number of rotatable bonds is 3. The fourth-order valence-corrected chi connectivity index (χ4v) is 2.26. The third kappa shape index (κ3) is 4.00. The largest absolute Gasteiger partial charge is 0.0958 e. The van der Waals surface area contributed by atoms with Crippen LogP contribution in [0.1, 0.15) is 47.0 Å². The van der Waals surface area contributed by atoms with Crippen LogP contribution in [-0.2, 0) is 0 Å². The first-order valence-electron chi connectivity index (χ1n) is 6.51. The van der Waals surface area contributed by atoms with Gasteiger partial charge in [0.15, 0.2) is 0 Å². The summed E-state index contributed by atoms with van der Waals surface area (Å²) in [5.41, 5.74) is 2.45. The lowest BCUT2D eigenvalue weighted by Crippen LogP contribution is -2.19. The number of hydrogen-bond acceptors (Lipinski definition) is 0. The van der Waals surface area contributed by atoms with E-state index in [0.29, 0.717) is 0 Å². The molecule has 0 aromatic heterocycles. The summed E-state index contributed by atoms with van der Waals surface area (Å²) in [5.74, 6) is 2.59. The second-order valence-electron chi connectivity index (χ2n) is 5.54. The van der Waals surface area contributed by atoms with Gasteiger partial charge >= 0.3 is 0 Å². The highest BCUT2D eigenvalue weighted by Gasteiger charge is 2.22. The summed E-state index contributed by atoms with van der Waals surface area (Å²) in [6.07, 6.45) is 10.9. The highest BCUT2D eigenvalue weighted by Crippen LogP contribution is 2.33. The van der Waals surface area contributed by atoms with Gasteiger partial charge in [-0.05, 0) is 56.4 Å². The van der Waals surface area contributed by atoms with Crippen LogP contribution in [0.4, 0.5) is 0 Å². The molecule has 1 saturated carbocycles. The van der Waals surface area contributed by atoms with E-state index in [1.54, 1.807) is 0 Å². The van der Waals surface area contributed by atoms with E-state index in [1.807, 2.05) is 0 Å². The molecule has 3 unspecified atom stereocenters. The summed E-state index contributed by atoms with van der Waals surface area (Å²) < 4.78 is 0. The molecule has 0 heteroatoms. The molecule has 0 amide bonds. The molecule has 0 N–H and O–H groups in total. The average Bonchev–Trinajstić information content (AvgIpc) is 2.23. The molecule has 1 rings (SSSR count). The van der Waals surface area contributed by atoms with E-state index in [4.69, 9.17) is 0 Å². The maximum Gasteiger partial charge on any atom is -0.0228 e. The molecule has 0 aliphatic heterocycles. The fraction of sp³-hybridized carbons (Fsp3) is 0.625. The fourth-order valence-electron chi connectivity index (χ4n) is 2.26. The van der Waals surface area contributed by atoms with Crippen LogP contribution in [0.5, 0.6) is 0 Å². The van der Waals surface area contributed by atoms with E-state index >= 15 is 0 Å². The Labute approximate surface area is 101 Å². The zero-order valence-electron chi connectivity index (χ0n) is 11.3. The Kier molecular flexibility index (Phi) is 5.05. The average molecular weight is 218 g/mol. The monoisotopic (exact) mass is 218 g/mol. The molecule has 1 aliphatic carbocycles. The van der Waals surface area contributed by atoms with Crippen molar-refractivity contribution in [3.8, 4) is 0 Å². The topological polar surface area (TPSA) is 0 Å². The molecule has 0 radical (unpaired) electrons. The first-order chi connectivity index (χ1) is 7.50. The predicted octanol–water partition coefficient (Wildman–Crippen LogP) is 5.14. The Balaban J connectivity index is 2.46. The summed E-state index contributed by atoms with van der Waals surface area (Å²) >= 11 is 0. The second-order valence-corrected chi connectivity index (χ2v) is 5.54. The number of hydrogen-bond donors (Lipinski definition) is 0. The van der Waals surface area contributed by atoms with Crippen molar-refractivity contribution in [2.45, 2.75) is 47.0 Å². The molecular formula is C16H26. The van der Waals surface area contributed by atoms with Crippen LogP contribution in [0.2, 0.25) is 0 Å². The van der Waals surface area contributed by atoms with Gasteiger partial charge in [0.1, 0.15) is 0 Å². The van der Waals surface area contributed by atoms with Crippen LogP contribution in [0, 0.1) is 17.8 Å². The molecule has 0 spiro atoms. The first-order valence-corrected chi connectivity index (χ1v) is 6.51. The minimum absolute atomic E-state index is 0.792. The summed E-state index contributed by atoms with van der Waals surface area (Å²) in [6.45, 7) is 12.9. The maximum absolute atomic E-state index is 3.94. The van der Waals surface area contributed by atoms with Crippen molar-refractivity contribution >= 4 is 0 Å². The molecule has 0 bridgehead atoms. The Morgan fingerprint density at radius 1 is 1.12 bits per heavy atom. The van der Waals surface area contributed by atoms with Gasteiger partial charge in [0, 0.05) is 0 Å². The van der Waals surface area contributed by atoms with E-state index in [0.717, 1.165) is 23.3 Å². The van der Waals surface area contributed by atoms with Crippen molar-refractivity contribution in [1.82, 2.24) is 0 Å². The van der Waals surface area contributed by atoms with Gasteiger partial charge in [-0.2, -0.15) is 0 Å². The van der Waals surface area contributed by atoms with E-state index < -0.39 is 0 Å². The summed E-state index contributed by atoms with van der Waals surface area (Å²) in [5, 5.41) is 0. The van der Waals surface area contributed by atoms with Gasteiger partial charge in [0.25, 0.3) is 0 Å². The van der Waals surface area contributed by atoms with Crippen LogP contribution in [-0.4, -0.2) is 0 Å². The normalized spacial score (nSPS) is 32.0. The van der Waals surface area contributed by atoms with E-state index in [1.165, 1.54) is 24.8 Å². The predicted molar refractivity (Wildman–Crippen MR) is 73.4 cm³/mol. The van der Waals surface area contributed by atoms with Gasteiger partial charge in [-0.3, -0.25) is 0 Å². The van der Waals surface area contributed by atoms with Gasteiger partial charge in [-0.1, -0.05) is 44.2 Å². The minimum atomic E-state index is 0.792. The molecule has 0 heterocycles. The summed E-state index contributed by atoms with van der Waals surface area (Å²) in [4.78, 5) is 0. The zero-order chi connectivity index (χ0) is 12.1. The highest BCUT2D eigenvalue weighted by molar-refractivity contribution is 5.27. The SMILES string of the molecule is C=C(C)/C(C)=C\C=C\C1CCC(C)C(C)C1. The van der Waals surface area contributed by atoms with Crippen molar-refractivity contribution in [2.24, 2.45) is 17.8 Å². The van der Waals surface area contributed by atoms with E-state index in [2.05, 4.69) is 52.5 Å². The van der Waals surface area contributed by atoms with Gasteiger partial charge in [-0.25, -0.2) is 0 Å². The molecular weight excluding hydrogens is 192 g/mol. The Morgan fingerprint density at radius 3 is 2.38 bits per heavy atom. The summed E-state index contributed by atoms with van der Waals surface area (Å²) in [6, 6.07) is 0. The van der Waals surface area contributed by atoms with Crippen LogP contribution in [0.3, 0.4) is 0 Å². The van der Waals surface area contributed by atoms with Crippen molar-refractivity contribution in [3.05, 3.63) is 36.0 Å². The van der Waals surface area contributed by atoms with Crippen molar-refractivity contribution < 1.29 is 0 Å². The smallest absolute Gasteiger partial charge is 0.0228 e. The Morgan fingerprint density at radius 2 is 1.81 bits per heavy atom. The molecule has 1 aliphatic rings. The van der Waals surface area contributed by atoms with Gasteiger partial charge in [0.05, 0.1) is 0 Å². The van der Waals surface area contributed by atoms with Gasteiger partial charge in [-0.15, -0.1) is 0 Å². The third-order valence-electron chi connectivity index (χ3n) is 4.04. The lowest BCUT2D eigenvalue weighted by Gasteiger charge is -2.30. The van der Waals surface area contributed by atoms with Crippen LogP contribution < -0.4 is 0 Å². The Hall–Kier alpha value is -0.780. The molecule has 0 saturated heterocycles. The lowest BCUT2D eigenvalue weighted by atomic mass is 9.76. The quantitative estimate of drug-likeness (QED) is 0.575. The molecule has 0 nitrogen and oxygen atoms in total. The van der Waals surface area contributed by atoms with Crippen LogP contribution in [0.25, 0.3) is 0 Å². The lowest BCUT2D eigenvalue weighted by molar-refractivity contribution is 0.237. The van der Waals surface area contributed by atoms with Crippen molar-refractivity contribution in [3.63, 3.8) is 0 Å². The third-order valence-corrected chi connectivity index (χ3v) is 4.04. The maximum atomic E-state index is 3.94. The van der Waals surface area contributed by atoms with Gasteiger partial charge in [0.2, 0.25) is 0 Å². The standard InChI is InChI=1S/C16H26/c1-12(2)13(3)7-6-8-16-10-9-14(4)15(5)11-16/h6-8,14-16H,1,9-11H2,2-5H3/b8-6+,13-7-. The molecule has 90 valence electrons. The van der Waals surface area contributed by atoms with Gasteiger partial charge < -0.3 is 0 Å². The van der Waals surface area contributed by atoms with Crippen LogP contribution >= 0.6 is 0 Å². The molecule has 3 atom stereocenters. The van der Waals surface area contributed by atoms with Crippen molar-refractivity contribution in [1.29, 1.82) is 0 Å².